The number of aryl methyl sites for hydroxylation is 1. The highest BCUT2D eigenvalue weighted by molar-refractivity contribution is 5.30. The minimum atomic E-state index is 0.628. The van der Waals surface area contributed by atoms with E-state index in [0.717, 1.165) is 6.54 Å². The number of hydrogen-bond acceptors (Lipinski definition) is 2. The van der Waals surface area contributed by atoms with Crippen molar-refractivity contribution in [1.29, 1.82) is 0 Å². The van der Waals surface area contributed by atoms with Gasteiger partial charge in [0.2, 0.25) is 0 Å². The zero-order valence-electron chi connectivity index (χ0n) is 7.72. The Morgan fingerprint density at radius 3 is 2.75 bits per heavy atom. The smallest absolute Gasteiger partial charge is 0.0202 e. The van der Waals surface area contributed by atoms with Gasteiger partial charge in [-0.2, -0.15) is 0 Å². The molecule has 2 nitrogen and oxygen atoms in total. The van der Waals surface area contributed by atoms with Crippen LogP contribution in [-0.2, 0) is 13.1 Å². The fourth-order valence-corrected chi connectivity index (χ4v) is 1.26. The first-order chi connectivity index (χ1) is 5.77. The molecule has 0 aromatic heterocycles. The number of rotatable bonds is 3. The summed E-state index contributed by atoms with van der Waals surface area (Å²) in [6.07, 6.45) is 0. The summed E-state index contributed by atoms with van der Waals surface area (Å²) >= 11 is 0. The van der Waals surface area contributed by atoms with Gasteiger partial charge in [0.1, 0.15) is 0 Å². The molecule has 0 bridgehead atoms. The van der Waals surface area contributed by atoms with E-state index in [1.165, 1.54) is 16.7 Å². The third kappa shape index (κ3) is 2.06. The molecular formula is C10H16N2. The van der Waals surface area contributed by atoms with Crippen molar-refractivity contribution in [2.75, 3.05) is 7.05 Å². The van der Waals surface area contributed by atoms with Crippen LogP contribution in [0.2, 0.25) is 0 Å². The van der Waals surface area contributed by atoms with E-state index in [1.807, 2.05) is 7.05 Å². The lowest BCUT2D eigenvalue weighted by atomic mass is 10.1. The summed E-state index contributed by atoms with van der Waals surface area (Å²) in [5, 5.41) is 3.11. The van der Waals surface area contributed by atoms with Gasteiger partial charge in [0.05, 0.1) is 0 Å². The van der Waals surface area contributed by atoms with E-state index in [9.17, 15) is 0 Å². The van der Waals surface area contributed by atoms with E-state index in [0.29, 0.717) is 6.54 Å². The lowest BCUT2D eigenvalue weighted by Gasteiger charge is -2.06. The second kappa shape index (κ2) is 4.24. The molecule has 0 heterocycles. The second-order valence-electron chi connectivity index (χ2n) is 3.00. The van der Waals surface area contributed by atoms with Crippen LogP contribution in [0.25, 0.3) is 0 Å². The van der Waals surface area contributed by atoms with Crippen molar-refractivity contribution in [3.63, 3.8) is 0 Å². The zero-order valence-corrected chi connectivity index (χ0v) is 7.72. The molecule has 0 unspecified atom stereocenters. The van der Waals surface area contributed by atoms with Gasteiger partial charge >= 0.3 is 0 Å². The standard InChI is InChI=1S/C10H16N2/c1-8-3-4-9(7-12-2)5-10(8)6-11/h3-5,12H,6-7,11H2,1-2H3. The molecule has 0 saturated heterocycles. The minimum Gasteiger partial charge on any atom is -0.326 e. The van der Waals surface area contributed by atoms with Crippen LogP contribution in [0.3, 0.4) is 0 Å². The van der Waals surface area contributed by atoms with Crippen LogP contribution in [0.15, 0.2) is 18.2 Å². The van der Waals surface area contributed by atoms with Gasteiger partial charge < -0.3 is 11.1 Å². The Balaban J connectivity index is 2.89. The molecule has 0 saturated carbocycles. The van der Waals surface area contributed by atoms with Gasteiger partial charge in [0.15, 0.2) is 0 Å². The Morgan fingerprint density at radius 1 is 1.42 bits per heavy atom. The fraction of sp³-hybridized carbons (Fsp3) is 0.400. The monoisotopic (exact) mass is 164 g/mol. The molecule has 0 spiro atoms. The predicted octanol–water partition coefficient (Wildman–Crippen LogP) is 1.17. The summed E-state index contributed by atoms with van der Waals surface area (Å²) in [7, 11) is 1.95. The summed E-state index contributed by atoms with van der Waals surface area (Å²) in [6.45, 7) is 3.63. The number of hydrogen-bond donors (Lipinski definition) is 2. The quantitative estimate of drug-likeness (QED) is 0.704. The van der Waals surface area contributed by atoms with Crippen LogP contribution in [0.5, 0.6) is 0 Å². The second-order valence-corrected chi connectivity index (χ2v) is 3.00. The molecule has 2 heteroatoms. The van der Waals surface area contributed by atoms with Gasteiger partial charge in [-0.3, -0.25) is 0 Å². The highest BCUT2D eigenvalue weighted by atomic mass is 14.8. The van der Waals surface area contributed by atoms with Crippen LogP contribution in [0.1, 0.15) is 16.7 Å². The number of nitrogens with one attached hydrogen (secondary N) is 1. The van der Waals surface area contributed by atoms with E-state index in [2.05, 4.69) is 30.4 Å². The average molecular weight is 164 g/mol. The molecule has 0 radical (unpaired) electrons. The Bertz CT molecular complexity index is 256. The van der Waals surface area contributed by atoms with Crippen molar-refractivity contribution in [1.82, 2.24) is 5.32 Å². The van der Waals surface area contributed by atoms with E-state index >= 15 is 0 Å². The molecule has 0 amide bonds. The Morgan fingerprint density at radius 2 is 2.17 bits per heavy atom. The summed E-state index contributed by atoms with van der Waals surface area (Å²) in [6, 6.07) is 6.41. The van der Waals surface area contributed by atoms with Crippen molar-refractivity contribution < 1.29 is 0 Å². The largest absolute Gasteiger partial charge is 0.326 e. The molecule has 0 aliphatic carbocycles. The Kier molecular flexibility index (Phi) is 3.26. The summed E-state index contributed by atoms with van der Waals surface area (Å²) < 4.78 is 0. The van der Waals surface area contributed by atoms with Crippen molar-refractivity contribution >= 4 is 0 Å². The van der Waals surface area contributed by atoms with Gasteiger partial charge in [0, 0.05) is 13.1 Å². The van der Waals surface area contributed by atoms with Crippen LogP contribution < -0.4 is 11.1 Å². The van der Waals surface area contributed by atoms with Crippen molar-refractivity contribution in [2.24, 2.45) is 5.73 Å². The topological polar surface area (TPSA) is 38.0 Å². The van der Waals surface area contributed by atoms with Gasteiger partial charge in [0.25, 0.3) is 0 Å². The molecule has 3 N–H and O–H groups in total. The van der Waals surface area contributed by atoms with Gasteiger partial charge in [-0.1, -0.05) is 18.2 Å². The van der Waals surface area contributed by atoms with E-state index in [-0.39, 0.29) is 0 Å². The lowest BCUT2D eigenvalue weighted by Crippen LogP contribution is -2.07. The first kappa shape index (κ1) is 9.23. The van der Waals surface area contributed by atoms with Crippen LogP contribution in [0.4, 0.5) is 0 Å². The molecular weight excluding hydrogens is 148 g/mol. The van der Waals surface area contributed by atoms with E-state index in [1.54, 1.807) is 0 Å². The molecule has 0 fully saturated rings. The third-order valence-electron chi connectivity index (χ3n) is 2.01. The van der Waals surface area contributed by atoms with Crippen molar-refractivity contribution in [3.05, 3.63) is 34.9 Å². The molecule has 12 heavy (non-hydrogen) atoms. The van der Waals surface area contributed by atoms with Crippen LogP contribution in [0, 0.1) is 6.92 Å². The average Bonchev–Trinajstić information content (AvgIpc) is 2.09. The third-order valence-corrected chi connectivity index (χ3v) is 2.01. The molecule has 1 aromatic carbocycles. The lowest BCUT2D eigenvalue weighted by molar-refractivity contribution is 0.814. The van der Waals surface area contributed by atoms with E-state index in [4.69, 9.17) is 5.73 Å². The SMILES string of the molecule is CNCc1ccc(C)c(CN)c1. The zero-order chi connectivity index (χ0) is 8.97. The maximum atomic E-state index is 5.60. The van der Waals surface area contributed by atoms with Crippen molar-refractivity contribution in [3.8, 4) is 0 Å². The van der Waals surface area contributed by atoms with Gasteiger partial charge in [-0.05, 0) is 30.7 Å². The molecule has 1 aromatic rings. The molecule has 0 aliphatic rings. The summed E-state index contributed by atoms with van der Waals surface area (Å²) in [5.41, 5.74) is 9.40. The van der Waals surface area contributed by atoms with Crippen LogP contribution in [-0.4, -0.2) is 7.05 Å². The molecule has 1 rings (SSSR count). The molecule has 0 atom stereocenters. The maximum absolute atomic E-state index is 5.60. The highest BCUT2D eigenvalue weighted by Crippen LogP contribution is 2.09. The fourth-order valence-electron chi connectivity index (χ4n) is 1.26. The summed E-state index contributed by atoms with van der Waals surface area (Å²) in [5.74, 6) is 0. The number of benzene rings is 1. The molecule has 66 valence electrons. The molecule has 0 aliphatic heterocycles. The van der Waals surface area contributed by atoms with Gasteiger partial charge in [-0.25, -0.2) is 0 Å². The van der Waals surface area contributed by atoms with Crippen molar-refractivity contribution in [2.45, 2.75) is 20.0 Å². The Hall–Kier alpha value is -0.860. The predicted molar refractivity (Wildman–Crippen MR) is 51.8 cm³/mol. The highest BCUT2D eigenvalue weighted by Gasteiger charge is 1.97. The first-order valence-electron chi connectivity index (χ1n) is 4.21. The number of nitrogens with two attached hydrogens (primary N) is 1. The maximum Gasteiger partial charge on any atom is 0.0202 e. The minimum absolute atomic E-state index is 0.628. The Labute approximate surface area is 73.8 Å². The summed E-state index contributed by atoms with van der Waals surface area (Å²) in [4.78, 5) is 0. The van der Waals surface area contributed by atoms with Crippen LogP contribution >= 0.6 is 0 Å². The first-order valence-corrected chi connectivity index (χ1v) is 4.21. The van der Waals surface area contributed by atoms with Gasteiger partial charge in [-0.15, -0.1) is 0 Å². The normalized spacial score (nSPS) is 10.2. The van der Waals surface area contributed by atoms with E-state index < -0.39 is 0 Å².